The van der Waals surface area contributed by atoms with E-state index in [1.807, 2.05) is 29.3 Å². The molecule has 0 fully saturated rings. The Labute approximate surface area is 186 Å². The number of carbonyl (C=O) groups is 1. The minimum atomic E-state index is 0. The molecule has 0 saturated carbocycles. The minimum absolute atomic E-state index is 0. The zero-order chi connectivity index (χ0) is 20.5. The lowest BCUT2D eigenvalue weighted by molar-refractivity contribution is 0.0767. The Kier molecular flexibility index (Phi) is 5.97. The van der Waals surface area contributed by atoms with Crippen LogP contribution in [0.3, 0.4) is 0 Å². The minimum Gasteiger partial charge on any atom is -0.439 e. The third-order valence-electron chi connectivity index (χ3n) is 5.53. The van der Waals surface area contributed by atoms with E-state index in [1.54, 1.807) is 18.2 Å². The number of amides is 1. The highest BCUT2D eigenvalue weighted by atomic mass is 35.5. The van der Waals surface area contributed by atoms with Crippen LogP contribution < -0.4 is 10.5 Å². The number of hydrogen-bond acceptors (Lipinski definition) is 6. The largest absolute Gasteiger partial charge is 0.439 e. The molecule has 1 amide bonds. The van der Waals surface area contributed by atoms with Crippen molar-refractivity contribution in [2.24, 2.45) is 5.73 Å². The second-order valence-electron chi connectivity index (χ2n) is 7.41. The number of nitrogens with zero attached hydrogens (tertiary/aromatic N) is 4. The molecular formula is C23H22ClN5O2. The molecule has 7 nitrogen and oxygen atoms in total. The van der Waals surface area contributed by atoms with Gasteiger partial charge in [-0.3, -0.25) is 9.78 Å². The van der Waals surface area contributed by atoms with Crippen molar-refractivity contribution in [1.82, 2.24) is 19.9 Å². The molecule has 158 valence electrons. The summed E-state index contributed by atoms with van der Waals surface area (Å²) in [6.07, 6.45) is 4.94. The Morgan fingerprint density at radius 3 is 2.90 bits per heavy atom. The average molecular weight is 436 g/mol. The Hall–Kier alpha value is -3.29. The molecular weight excluding hydrogens is 414 g/mol. The van der Waals surface area contributed by atoms with Crippen LogP contribution in [-0.4, -0.2) is 38.8 Å². The van der Waals surface area contributed by atoms with Crippen LogP contribution in [0.5, 0.6) is 11.6 Å². The SMILES string of the molecule is Cl.NCc1cc(Oc2cccc(C(=O)N3CCC4=C(Cc5ncccc54)C3)c2)ncn1. The second kappa shape index (κ2) is 8.83. The second-order valence-corrected chi connectivity index (χ2v) is 7.41. The number of fused-ring (bicyclic) bond motifs is 2. The molecule has 3 aromatic rings. The summed E-state index contributed by atoms with van der Waals surface area (Å²) in [4.78, 5) is 27.7. The number of hydrogen-bond donors (Lipinski definition) is 1. The fourth-order valence-electron chi connectivity index (χ4n) is 4.09. The fraction of sp³-hybridized carbons (Fsp3) is 0.217. The first kappa shape index (κ1) is 21.0. The van der Waals surface area contributed by atoms with Crippen molar-refractivity contribution < 1.29 is 9.53 Å². The van der Waals surface area contributed by atoms with E-state index in [0.29, 0.717) is 42.5 Å². The molecule has 1 aliphatic carbocycles. The summed E-state index contributed by atoms with van der Waals surface area (Å²) in [7, 11) is 0. The number of ether oxygens (including phenoxy) is 1. The summed E-state index contributed by atoms with van der Waals surface area (Å²) < 4.78 is 5.82. The Balaban J connectivity index is 0.00000231. The first-order valence-electron chi connectivity index (χ1n) is 9.94. The summed E-state index contributed by atoms with van der Waals surface area (Å²) >= 11 is 0. The van der Waals surface area contributed by atoms with Gasteiger partial charge in [-0.15, -0.1) is 12.4 Å². The van der Waals surface area contributed by atoms with Gasteiger partial charge in [0, 0.05) is 43.9 Å². The maximum atomic E-state index is 13.2. The Bertz CT molecular complexity index is 1160. The number of rotatable bonds is 4. The lowest BCUT2D eigenvalue weighted by Gasteiger charge is -2.28. The Morgan fingerprint density at radius 1 is 1.13 bits per heavy atom. The van der Waals surface area contributed by atoms with Gasteiger partial charge in [0.05, 0.1) is 11.4 Å². The van der Waals surface area contributed by atoms with Gasteiger partial charge >= 0.3 is 0 Å². The molecule has 5 rings (SSSR count). The molecule has 3 heterocycles. The van der Waals surface area contributed by atoms with Gasteiger partial charge in [-0.25, -0.2) is 9.97 Å². The van der Waals surface area contributed by atoms with Crippen LogP contribution in [0, 0.1) is 0 Å². The molecule has 2 aliphatic rings. The van der Waals surface area contributed by atoms with Crippen LogP contribution in [0.25, 0.3) is 5.57 Å². The number of benzene rings is 1. The topological polar surface area (TPSA) is 94.2 Å². The van der Waals surface area contributed by atoms with Crippen LogP contribution in [-0.2, 0) is 13.0 Å². The molecule has 0 spiro atoms. The molecule has 8 heteroatoms. The van der Waals surface area contributed by atoms with Crippen LogP contribution in [0.1, 0.15) is 33.7 Å². The van der Waals surface area contributed by atoms with E-state index in [4.69, 9.17) is 10.5 Å². The van der Waals surface area contributed by atoms with Gasteiger partial charge in [0.25, 0.3) is 5.91 Å². The molecule has 2 aromatic heterocycles. The molecule has 1 aromatic carbocycles. The van der Waals surface area contributed by atoms with E-state index in [1.165, 1.54) is 23.0 Å². The van der Waals surface area contributed by atoms with Crippen molar-refractivity contribution >= 4 is 23.9 Å². The molecule has 0 atom stereocenters. The smallest absolute Gasteiger partial charge is 0.254 e. The molecule has 0 saturated heterocycles. The van der Waals surface area contributed by atoms with Crippen molar-refractivity contribution in [3.63, 3.8) is 0 Å². The average Bonchev–Trinajstić information content (AvgIpc) is 3.16. The number of halogens is 1. The number of pyridine rings is 1. The predicted octanol–water partition coefficient (Wildman–Crippen LogP) is 3.40. The summed E-state index contributed by atoms with van der Waals surface area (Å²) in [6.45, 7) is 1.65. The highest BCUT2D eigenvalue weighted by Gasteiger charge is 2.30. The summed E-state index contributed by atoms with van der Waals surface area (Å²) in [5.41, 5.74) is 11.9. The van der Waals surface area contributed by atoms with E-state index >= 15 is 0 Å². The van der Waals surface area contributed by atoms with Crippen LogP contribution >= 0.6 is 12.4 Å². The fourth-order valence-corrected chi connectivity index (χ4v) is 4.09. The van der Waals surface area contributed by atoms with Crippen LogP contribution in [0.4, 0.5) is 0 Å². The van der Waals surface area contributed by atoms with Crippen LogP contribution in [0.15, 0.2) is 60.6 Å². The maximum absolute atomic E-state index is 13.2. The first-order chi connectivity index (χ1) is 14.7. The molecule has 0 unspecified atom stereocenters. The van der Waals surface area contributed by atoms with E-state index in [9.17, 15) is 4.79 Å². The third kappa shape index (κ3) is 4.15. The van der Waals surface area contributed by atoms with Gasteiger partial charge in [-0.1, -0.05) is 12.1 Å². The van der Waals surface area contributed by atoms with Crippen molar-refractivity contribution in [1.29, 1.82) is 0 Å². The lowest BCUT2D eigenvalue weighted by atomic mass is 9.99. The molecule has 31 heavy (non-hydrogen) atoms. The monoisotopic (exact) mass is 435 g/mol. The predicted molar refractivity (Wildman–Crippen MR) is 119 cm³/mol. The summed E-state index contributed by atoms with van der Waals surface area (Å²) in [5, 5.41) is 0. The number of aromatic nitrogens is 3. The van der Waals surface area contributed by atoms with E-state index in [-0.39, 0.29) is 18.3 Å². The van der Waals surface area contributed by atoms with Crippen molar-refractivity contribution in [3.05, 3.63) is 83.1 Å². The van der Waals surface area contributed by atoms with E-state index < -0.39 is 0 Å². The molecule has 0 radical (unpaired) electrons. The van der Waals surface area contributed by atoms with Crippen molar-refractivity contribution in [2.75, 3.05) is 13.1 Å². The highest BCUT2D eigenvalue weighted by molar-refractivity contribution is 5.95. The van der Waals surface area contributed by atoms with Gasteiger partial charge in [0.1, 0.15) is 12.1 Å². The van der Waals surface area contributed by atoms with Crippen LogP contribution in [0.2, 0.25) is 0 Å². The van der Waals surface area contributed by atoms with Gasteiger partial charge < -0.3 is 15.4 Å². The van der Waals surface area contributed by atoms with Gasteiger partial charge in [-0.2, -0.15) is 0 Å². The van der Waals surface area contributed by atoms with Gasteiger partial charge in [0.2, 0.25) is 5.88 Å². The molecule has 2 N–H and O–H groups in total. The number of nitrogens with two attached hydrogens (primary N) is 1. The van der Waals surface area contributed by atoms with Gasteiger partial charge in [0.15, 0.2) is 0 Å². The summed E-state index contributed by atoms with van der Waals surface area (Å²) in [5.74, 6) is 0.956. The lowest BCUT2D eigenvalue weighted by Crippen LogP contribution is -2.36. The van der Waals surface area contributed by atoms with E-state index in [0.717, 1.165) is 18.5 Å². The van der Waals surface area contributed by atoms with E-state index in [2.05, 4.69) is 21.0 Å². The normalized spacial score (nSPS) is 14.5. The first-order valence-corrected chi connectivity index (χ1v) is 9.94. The van der Waals surface area contributed by atoms with Crippen molar-refractivity contribution in [2.45, 2.75) is 19.4 Å². The molecule has 1 aliphatic heterocycles. The zero-order valence-corrected chi connectivity index (χ0v) is 17.6. The summed E-state index contributed by atoms with van der Waals surface area (Å²) in [6, 6.07) is 13.0. The highest BCUT2D eigenvalue weighted by Crippen LogP contribution is 2.37. The zero-order valence-electron chi connectivity index (χ0n) is 16.8. The Morgan fingerprint density at radius 2 is 2.03 bits per heavy atom. The third-order valence-corrected chi connectivity index (χ3v) is 5.53. The quantitative estimate of drug-likeness (QED) is 0.675. The molecule has 0 bridgehead atoms. The van der Waals surface area contributed by atoms with Crippen molar-refractivity contribution in [3.8, 4) is 11.6 Å². The number of carbonyl (C=O) groups excluding carboxylic acids is 1. The standard InChI is InChI=1S/C23H21N5O2.ClH/c24-12-17-11-22(27-14-26-17)30-18-4-1-3-15(9-18)23(29)28-8-6-19-16(13-28)10-21-20(19)5-2-7-25-21;/h1-5,7,9,11,14H,6,8,10,12-13,24H2;1H. The van der Waals surface area contributed by atoms with Gasteiger partial charge in [-0.05, 0) is 47.4 Å². The maximum Gasteiger partial charge on any atom is 0.254 e.